The summed E-state index contributed by atoms with van der Waals surface area (Å²) in [5, 5.41) is 0. The van der Waals surface area contributed by atoms with Gasteiger partial charge in [0.15, 0.2) is 0 Å². The maximum atomic E-state index is 2.54. The van der Waals surface area contributed by atoms with E-state index >= 15 is 0 Å². The molecule has 0 aliphatic heterocycles. The van der Waals surface area contributed by atoms with Crippen LogP contribution in [-0.2, 0) is 0 Å². The first-order chi connectivity index (χ1) is 5.61. The molecule has 0 heteroatoms. The van der Waals surface area contributed by atoms with Gasteiger partial charge in [0.1, 0.15) is 0 Å². The van der Waals surface area contributed by atoms with Crippen molar-refractivity contribution in [3.63, 3.8) is 0 Å². The Morgan fingerprint density at radius 2 is 1.92 bits per heavy atom. The zero-order valence-corrected chi connectivity index (χ0v) is 8.93. The van der Waals surface area contributed by atoms with Crippen LogP contribution in [0.4, 0.5) is 0 Å². The zero-order chi connectivity index (χ0) is 9.14. The average molecular weight is 166 g/mol. The molecule has 1 unspecified atom stereocenters. The van der Waals surface area contributed by atoms with Gasteiger partial charge in [0.05, 0.1) is 0 Å². The summed E-state index contributed by atoms with van der Waals surface area (Å²) in [5.74, 6) is 2.46. The molecule has 0 radical (unpaired) electrons. The van der Waals surface area contributed by atoms with Gasteiger partial charge in [-0.3, -0.25) is 0 Å². The molecule has 1 atom stereocenters. The molecule has 0 heterocycles. The third kappa shape index (κ3) is 2.36. The minimum atomic E-state index is 0.770. The molecule has 0 aromatic rings. The van der Waals surface area contributed by atoms with E-state index in [4.69, 9.17) is 0 Å². The van der Waals surface area contributed by atoms with Crippen LogP contribution in [0.15, 0.2) is 11.6 Å². The summed E-state index contributed by atoms with van der Waals surface area (Å²) in [6, 6.07) is 0. The number of hydrogen-bond acceptors (Lipinski definition) is 0. The molecule has 0 bridgehead atoms. The Morgan fingerprint density at radius 3 is 2.42 bits per heavy atom. The molecular weight excluding hydrogens is 144 g/mol. The highest BCUT2D eigenvalue weighted by Crippen LogP contribution is 2.31. The Hall–Kier alpha value is -0.260. The molecule has 0 saturated heterocycles. The summed E-state index contributed by atoms with van der Waals surface area (Å²) in [4.78, 5) is 0. The Balaban J connectivity index is 2.63. The van der Waals surface area contributed by atoms with Crippen LogP contribution in [0.2, 0.25) is 0 Å². The third-order valence-electron chi connectivity index (χ3n) is 3.03. The summed E-state index contributed by atoms with van der Waals surface area (Å²) < 4.78 is 0. The molecule has 0 spiro atoms. The first-order valence-corrected chi connectivity index (χ1v) is 5.32. The van der Waals surface area contributed by atoms with Gasteiger partial charge in [-0.15, -0.1) is 0 Å². The predicted octanol–water partition coefficient (Wildman–Crippen LogP) is 4.02. The SMILES string of the molecule is CC(C)C1=CC(C(C)C)CCC1. The Morgan fingerprint density at radius 1 is 1.25 bits per heavy atom. The second kappa shape index (κ2) is 4.11. The van der Waals surface area contributed by atoms with Crippen LogP contribution in [0.1, 0.15) is 47.0 Å². The summed E-state index contributed by atoms with van der Waals surface area (Å²) in [5.41, 5.74) is 1.69. The summed E-state index contributed by atoms with van der Waals surface area (Å²) in [7, 11) is 0. The lowest BCUT2D eigenvalue weighted by Crippen LogP contribution is -2.12. The predicted molar refractivity (Wildman–Crippen MR) is 55.1 cm³/mol. The molecule has 12 heavy (non-hydrogen) atoms. The van der Waals surface area contributed by atoms with Crippen molar-refractivity contribution in [1.29, 1.82) is 0 Å². The monoisotopic (exact) mass is 166 g/mol. The lowest BCUT2D eigenvalue weighted by molar-refractivity contribution is 0.397. The summed E-state index contributed by atoms with van der Waals surface area (Å²) in [6.07, 6.45) is 6.71. The standard InChI is InChI=1S/C12H22/c1-9(2)11-6-5-7-12(8-11)10(3)4/h8-11H,5-7H2,1-4H3. The van der Waals surface area contributed by atoms with Crippen molar-refractivity contribution in [2.24, 2.45) is 17.8 Å². The van der Waals surface area contributed by atoms with E-state index in [1.54, 1.807) is 5.57 Å². The largest absolute Gasteiger partial charge is 0.0817 e. The van der Waals surface area contributed by atoms with Gasteiger partial charge in [-0.25, -0.2) is 0 Å². The molecule has 0 N–H and O–H groups in total. The quantitative estimate of drug-likeness (QED) is 0.543. The van der Waals surface area contributed by atoms with Gasteiger partial charge in [0.25, 0.3) is 0 Å². The number of rotatable bonds is 2. The zero-order valence-electron chi connectivity index (χ0n) is 8.93. The van der Waals surface area contributed by atoms with E-state index in [0.29, 0.717) is 0 Å². The first-order valence-electron chi connectivity index (χ1n) is 5.32. The highest BCUT2D eigenvalue weighted by molar-refractivity contribution is 5.10. The van der Waals surface area contributed by atoms with Crippen molar-refractivity contribution in [3.05, 3.63) is 11.6 Å². The molecule has 1 aliphatic rings. The van der Waals surface area contributed by atoms with Gasteiger partial charge in [-0.05, 0) is 37.0 Å². The molecule has 0 amide bonds. The average Bonchev–Trinajstić information content (AvgIpc) is 2.04. The van der Waals surface area contributed by atoms with Crippen LogP contribution in [0.5, 0.6) is 0 Å². The fraction of sp³-hybridized carbons (Fsp3) is 0.833. The molecule has 0 saturated carbocycles. The first kappa shape index (κ1) is 9.83. The van der Waals surface area contributed by atoms with Crippen molar-refractivity contribution in [2.75, 3.05) is 0 Å². The van der Waals surface area contributed by atoms with Crippen molar-refractivity contribution >= 4 is 0 Å². The maximum Gasteiger partial charge on any atom is -0.0208 e. The fourth-order valence-corrected chi connectivity index (χ4v) is 1.99. The van der Waals surface area contributed by atoms with E-state index in [1.165, 1.54) is 19.3 Å². The van der Waals surface area contributed by atoms with Crippen LogP contribution < -0.4 is 0 Å². The van der Waals surface area contributed by atoms with Crippen LogP contribution in [0, 0.1) is 17.8 Å². The van der Waals surface area contributed by atoms with Crippen molar-refractivity contribution in [1.82, 2.24) is 0 Å². The number of hydrogen-bond donors (Lipinski definition) is 0. The maximum absolute atomic E-state index is 2.54. The molecule has 1 aliphatic carbocycles. The molecule has 70 valence electrons. The van der Waals surface area contributed by atoms with E-state index in [0.717, 1.165) is 17.8 Å². The van der Waals surface area contributed by atoms with Gasteiger partial charge in [0.2, 0.25) is 0 Å². The minimum Gasteiger partial charge on any atom is -0.0817 e. The van der Waals surface area contributed by atoms with E-state index < -0.39 is 0 Å². The smallest absolute Gasteiger partial charge is 0.0208 e. The number of allylic oxidation sites excluding steroid dienone is 2. The second-order valence-electron chi connectivity index (χ2n) is 4.70. The van der Waals surface area contributed by atoms with Gasteiger partial charge >= 0.3 is 0 Å². The van der Waals surface area contributed by atoms with Crippen LogP contribution >= 0.6 is 0 Å². The third-order valence-corrected chi connectivity index (χ3v) is 3.03. The minimum absolute atomic E-state index is 0.770. The van der Waals surface area contributed by atoms with Crippen LogP contribution in [0.3, 0.4) is 0 Å². The lowest BCUT2D eigenvalue weighted by Gasteiger charge is -2.25. The second-order valence-corrected chi connectivity index (χ2v) is 4.70. The Kier molecular flexibility index (Phi) is 3.37. The highest BCUT2D eigenvalue weighted by atomic mass is 14.2. The molecule has 0 aromatic carbocycles. The summed E-state index contributed by atoms with van der Waals surface area (Å²) >= 11 is 0. The molecule has 1 rings (SSSR count). The van der Waals surface area contributed by atoms with Crippen molar-refractivity contribution < 1.29 is 0 Å². The van der Waals surface area contributed by atoms with Gasteiger partial charge in [0, 0.05) is 0 Å². The Labute approximate surface area is 77.1 Å². The van der Waals surface area contributed by atoms with Crippen LogP contribution in [0.25, 0.3) is 0 Å². The van der Waals surface area contributed by atoms with Crippen LogP contribution in [-0.4, -0.2) is 0 Å². The summed E-state index contributed by atoms with van der Waals surface area (Å²) in [6.45, 7) is 9.30. The molecule has 0 aromatic heterocycles. The molecule has 0 nitrogen and oxygen atoms in total. The lowest BCUT2D eigenvalue weighted by atomic mass is 9.80. The van der Waals surface area contributed by atoms with E-state index in [9.17, 15) is 0 Å². The van der Waals surface area contributed by atoms with Gasteiger partial charge in [-0.1, -0.05) is 39.3 Å². The van der Waals surface area contributed by atoms with E-state index in [-0.39, 0.29) is 0 Å². The van der Waals surface area contributed by atoms with Crippen molar-refractivity contribution in [2.45, 2.75) is 47.0 Å². The highest BCUT2D eigenvalue weighted by Gasteiger charge is 2.17. The fourth-order valence-electron chi connectivity index (χ4n) is 1.99. The van der Waals surface area contributed by atoms with Gasteiger partial charge < -0.3 is 0 Å². The normalized spacial score (nSPS) is 24.8. The molecular formula is C12H22. The topological polar surface area (TPSA) is 0 Å². The van der Waals surface area contributed by atoms with Crippen molar-refractivity contribution in [3.8, 4) is 0 Å². The van der Waals surface area contributed by atoms with E-state index in [2.05, 4.69) is 33.8 Å². The van der Waals surface area contributed by atoms with Gasteiger partial charge in [-0.2, -0.15) is 0 Å². The molecule has 0 fully saturated rings. The Bertz CT molecular complexity index is 163. The van der Waals surface area contributed by atoms with E-state index in [1.807, 2.05) is 0 Å².